The maximum absolute atomic E-state index is 11.9. The number of hydrogen-bond acceptors (Lipinski definition) is 4. The molecule has 4 heteroatoms. The SMILES string of the molecule is CCOC(=O)c1cc2c(cc1OCC)CC(N)C2. The second-order valence-electron chi connectivity index (χ2n) is 4.44. The third-order valence-corrected chi connectivity index (χ3v) is 3.06. The van der Waals surface area contributed by atoms with Crippen molar-refractivity contribution in [1.82, 2.24) is 0 Å². The third-order valence-electron chi connectivity index (χ3n) is 3.06. The fourth-order valence-electron chi connectivity index (χ4n) is 2.33. The molecule has 98 valence electrons. The van der Waals surface area contributed by atoms with Gasteiger partial charge in [-0.2, -0.15) is 0 Å². The molecular formula is C14H19NO3. The fraction of sp³-hybridized carbons (Fsp3) is 0.500. The van der Waals surface area contributed by atoms with E-state index in [-0.39, 0.29) is 12.0 Å². The van der Waals surface area contributed by atoms with Gasteiger partial charge in [0.05, 0.1) is 13.2 Å². The summed E-state index contributed by atoms with van der Waals surface area (Å²) in [5.74, 6) is 0.271. The van der Waals surface area contributed by atoms with Crippen molar-refractivity contribution in [1.29, 1.82) is 0 Å². The molecule has 0 spiro atoms. The third kappa shape index (κ3) is 2.48. The zero-order chi connectivity index (χ0) is 13.1. The lowest BCUT2D eigenvalue weighted by molar-refractivity contribution is 0.0522. The minimum Gasteiger partial charge on any atom is -0.493 e. The van der Waals surface area contributed by atoms with Gasteiger partial charge in [0.15, 0.2) is 0 Å². The number of rotatable bonds is 4. The van der Waals surface area contributed by atoms with Gasteiger partial charge in [0.25, 0.3) is 0 Å². The molecule has 4 nitrogen and oxygen atoms in total. The number of benzene rings is 1. The first-order chi connectivity index (χ1) is 8.65. The summed E-state index contributed by atoms with van der Waals surface area (Å²) >= 11 is 0. The molecule has 0 heterocycles. The number of carbonyl (C=O) groups is 1. The highest BCUT2D eigenvalue weighted by atomic mass is 16.5. The summed E-state index contributed by atoms with van der Waals surface area (Å²) in [6.45, 7) is 4.58. The lowest BCUT2D eigenvalue weighted by Crippen LogP contribution is -2.19. The van der Waals surface area contributed by atoms with E-state index in [2.05, 4.69) is 0 Å². The first kappa shape index (κ1) is 12.9. The van der Waals surface area contributed by atoms with Crippen LogP contribution in [0.15, 0.2) is 12.1 Å². The van der Waals surface area contributed by atoms with Crippen molar-refractivity contribution in [3.63, 3.8) is 0 Å². The molecule has 0 saturated heterocycles. The smallest absolute Gasteiger partial charge is 0.341 e. The van der Waals surface area contributed by atoms with Crippen LogP contribution in [0.25, 0.3) is 0 Å². The number of hydrogen-bond donors (Lipinski definition) is 1. The van der Waals surface area contributed by atoms with E-state index in [1.807, 2.05) is 19.1 Å². The Morgan fingerprint density at radius 2 is 1.94 bits per heavy atom. The number of ether oxygens (including phenoxy) is 2. The molecule has 0 amide bonds. The fourth-order valence-corrected chi connectivity index (χ4v) is 2.33. The van der Waals surface area contributed by atoms with Gasteiger partial charge in [-0.05, 0) is 49.9 Å². The van der Waals surface area contributed by atoms with Crippen molar-refractivity contribution in [2.75, 3.05) is 13.2 Å². The largest absolute Gasteiger partial charge is 0.493 e. The van der Waals surface area contributed by atoms with E-state index in [1.54, 1.807) is 6.92 Å². The summed E-state index contributed by atoms with van der Waals surface area (Å²) in [7, 11) is 0. The monoisotopic (exact) mass is 249 g/mol. The van der Waals surface area contributed by atoms with Crippen LogP contribution in [-0.2, 0) is 17.6 Å². The van der Waals surface area contributed by atoms with Gasteiger partial charge < -0.3 is 15.2 Å². The molecule has 2 N–H and O–H groups in total. The van der Waals surface area contributed by atoms with Gasteiger partial charge in [0, 0.05) is 6.04 Å². The highest BCUT2D eigenvalue weighted by Crippen LogP contribution is 2.30. The van der Waals surface area contributed by atoms with Crippen LogP contribution in [-0.4, -0.2) is 25.2 Å². The molecule has 0 aliphatic heterocycles. The van der Waals surface area contributed by atoms with E-state index in [9.17, 15) is 4.79 Å². The van der Waals surface area contributed by atoms with Gasteiger partial charge in [0.1, 0.15) is 11.3 Å². The van der Waals surface area contributed by atoms with Crippen molar-refractivity contribution < 1.29 is 14.3 Å². The van der Waals surface area contributed by atoms with Gasteiger partial charge in [-0.1, -0.05) is 0 Å². The van der Waals surface area contributed by atoms with Crippen LogP contribution < -0.4 is 10.5 Å². The van der Waals surface area contributed by atoms with Gasteiger partial charge in [0.2, 0.25) is 0 Å². The summed E-state index contributed by atoms with van der Waals surface area (Å²) < 4.78 is 10.6. The van der Waals surface area contributed by atoms with Crippen LogP contribution in [0, 0.1) is 0 Å². The second kappa shape index (κ2) is 5.40. The van der Waals surface area contributed by atoms with E-state index < -0.39 is 0 Å². The van der Waals surface area contributed by atoms with Crippen molar-refractivity contribution in [2.24, 2.45) is 5.73 Å². The van der Waals surface area contributed by atoms with Crippen molar-refractivity contribution in [2.45, 2.75) is 32.7 Å². The van der Waals surface area contributed by atoms with Gasteiger partial charge >= 0.3 is 5.97 Å². The number of esters is 1. The molecular weight excluding hydrogens is 230 g/mol. The Morgan fingerprint density at radius 3 is 2.56 bits per heavy atom. The molecule has 0 saturated carbocycles. The molecule has 1 aliphatic carbocycles. The van der Waals surface area contributed by atoms with Gasteiger partial charge in [-0.25, -0.2) is 4.79 Å². The minimum atomic E-state index is -0.329. The Balaban J connectivity index is 2.38. The summed E-state index contributed by atoms with van der Waals surface area (Å²) in [5.41, 5.74) is 8.76. The molecule has 0 bridgehead atoms. The number of fused-ring (bicyclic) bond motifs is 1. The zero-order valence-electron chi connectivity index (χ0n) is 10.9. The average molecular weight is 249 g/mol. The highest BCUT2D eigenvalue weighted by molar-refractivity contribution is 5.93. The van der Waals surface area contributed by atoms with Gasteiger partial charge in [-0.3, -0.25) is 0 Å². The van der Waals surface area contributed by atoms with E-state index in [4.69, 9.17) is 15.2 Å². The summed E-state index contributed by atoms with van der Waals surface area (Å²) in [6.07, 6.45) is 1.66. The van der Waals surface area contributed by atoms with E-state index in [1.165, 1.54) is 5.56 Å². The minimum absolute atomic E-state index is 0.145. The van der Waals surface area contributed by atoms with E-state index in [0.29, 0.717) is 24.5 Å². The summed E-state index contributed by atoms with van der Waals surface area (Å²) in [4.78, 5) is 11.9. The van der Waals surface area contributed by atoms with Crippen LogP contribution in [0.3, 0.4) is 0 Å². The van der Waals surface area contributed by atoms with Crippen LogP contribution in [0.4, 0.5) is 0 Å². The Hall–Kier alpha value is -1.55. The molecule has 18 heavy (non-hydrogen) atoms. The second-order valence-corrected chi connectivity index (χ2v) is 4.44. The quantitative estimate of drug-likeness (QED) is 0.825. The van der Waals surface area contributed by atoms with Crippen LogP contribution in [0.2, 0.25) is 0 Å². The zero-order valence-corrected chi connectivity index (χ0v) is 10.9. The maximum atomic E-state index is 11.9. The van der Waals surface area contributed by atoms with Gasteiger partial charge in [-0.15, -0.1) is 0 Å². The normalized spacial score (nSPS) is 17.4. The Morgan fingerprint density at radius 1 is 1.28 bits per heavy atom. The predicted molar refractivity (Wildman–Crippen MR) is 69.0 cm³/mol. The molecule has 0 aromatic heterocycles. The van der Waals surface area contributed by atoms with Crippen molar-refractivity contribution in [3.05, 3.63) is 28.8 Å². The van der Waals surface area contributed by atoms with Crippen LogP contribution in [0.1, 0.15) is 35.3 Å². The van der Waals surface area contributed by atoms with E-state index >= 15 is 0 Å². The standard InChI is InChI=1S/C14H19NO3/c1-3-17-13-8-10-6-11(15)5-9(10)7-12(13)14(16)18-4-2/h7-8,11H,3-6,15H2,1-2H3. The molecule has 1 aromatic carbocycles. The van der Waals surface area contributed by atoms with Crippen molar-refractivity contribution >= 4 is 5.97 Å². The molecule has 1 aromatic rings. The number of carbonyl (C=O) groups excluding carboxylic acids is 1. The van der Waals surface area contributed by atoms with Crippen LogP contribution in [0.5, 0.6) is 5.75 Å². The average Bonchev–Trinajstić information content (AvgIpc) is 2.68. The Labute approximate surface area is 107 Å². The first-order valence-corrected chi connectivity index (χ1v) is 6.37. The lowest BCUT2D eigenvalue weighted by Gasteiger charge is -2.11. The molecule has 1 atom stereocenters. The molecule has 0 radical (unpaired) electrons. The maximum Gasteiger partial charge on any atom is 0.341 e. The Kier molecular flexibility index (Phi) is 3.87. The first-order valence-electron chi connectivity index (χ1n) is 6.37. The molecule has 0 fully saturated rings. The number of nitrogens with two attached hydrogens (primary N) is 1. The summed E-state index contributed by atoms with van der Waals surface area (Å²) in [6, 6.07) is 3.94. The molecule has 1 aliphatic rings. The van der Waals surface area contributed by atoms with E-state index in [0.717, 1.165) is 18.4 Å². The predicted octanol–water partition coefficient (Wildman–Crippen LogP) is 1.69. The molecule has 1 unspecified atom stereocenters. The van der Waals surface area contributed by atoms with Crippen molar-refractivity contribution in [3.8, 4) is 5.75 Å². The topological polar surface area (TPSA) is 61.5 Å². The Bertz CT molecular complexity index is 457. The summed E-state index contributed by atoms with van der Waals surface area (Å²) in [5, 5.41) is 0. The molecule has 2 rings (SSSR count). The highest BCUT2D eigenvalue weighted by Gasteiger charge is 2.23. The lowest BCUT2D eigenvalue weighted by atomic mass is 10.1. The van der Waals surface area contributed by atoms with Crippen LogP contribution >= 0.6 is 0 Å².